The highest BCUT2D eigenvalue weighted by molar-refractivity contribution is 7.92. The highest BCUT2D eigenvalue weighted by atomic mass is 32.2. The maximum Gasteiger partial charge on any atom is 0.253 e. The molecule has 1 atom stereocenters. The Hall–Kier alpha value is -1.40. The second-order valence-corrected chi connectivity index (χ2v) is 9.17. The van der Waals surface area contributed by atoms with E-state index < -0.39 is 9.84 Å². The summed E-state index contributed by atoms with van der Waals surface area (Å²) in [5, 5.41) is 2.90. The molecule has 24 heavy (non-hydrogen) atoms. The second kappa shape index (κ2) is 7.23. The summed E-state index contributed by atoms with van der Waals surface area (Å²) in [5.74, 6) is 0.499. The highest BCUT2D eigenvalue weighted by Gasteiger charge is 2.31. The van der Waals surface area contributed by atoms with Crippen LogP contribution in [0.1, 0.15) is 42.5 Å². The van der Waals surface area contributed by atoms with Gasteiger partial charge in [0.1, 0.15) is 0 Å². The van der Waals surface area contributed by atoms with Crippen molar-refractivity contribution >= 4 is 15.7 Å². The van der Waals surface area contributed by atoms with E-state index in [4.69, 9.17) is 0 Å². The van der Waals surface area contributed by atoms with Crippen LogP contribution in [0.4, 0.5) is 0 Å². The van der Waals surface area contributed by atoms with Gasteiger partial charge < -0.3 is 10.2 Å². The van der Waals surface area contributed by atoms with Crippen molar-refractivity contribution in [1.82, 2.24) is 10.2 Å². The van der Waals surface area contributed by atoms with Gasteiger partial charge >= 0.3 is 0 Å². The van der Waals surface area contributed by atoms with E-state index in [1.165, 1.54) is 0 Å². The molecule has 132 valence electrons. The number of rotatable bonds is 5. The molecule has 1 saturated carbocycles. The van der Waals surface area contributed by atoms with Crippen LogP contribution >= 0.6 is 0 Å². The fraction of sp³-hybridized carbons (Fsp3) is 0.611. The van der Waals surface area contributed by atoms with Gasteiger partial charge in [-0.15, -0.1) is 0 Å². The molecule has 2 aliphatic rings. The van der Waals surface area contributed by atoms with Crippen molar-refractivity contribution in [2.75, 3.05) is 26.7 Å². The van der Waals surface area contributed by atoms with Crippen molar-refractivity contribution in [2.45, 2.75) is 42.2 Å². The lowest BCUT2D eigenvalue weighted by atomic mass is 10.1. The Labute approximate surface area is 144 Å². The summed E-state index contributed by atoms with van der Waals surface area (Å²) in [7, 11) is -1.32. The number of sulfone groups is 1. The van der Waals surface area contributed by atoms with Crippen molar-refractivity contribution in [2.24, 2.45) is 5.92 Å². The van der Waals surface area contributed by atoms with Crippen LogP contribution < -0.4 is 5.32 Å². The average molecular weight is 350 g/mol. The Bertz CT molecular complexity index is 679. The third-order valence-electron chi connectivity index (χ3n) is 5.24. The molecule has 1 unspecified atom stereocenters. The summed E-state index contributed by atoms with van der Waals surface area (Å²) in [5.41, 5.74) is 0.575. The molecule has 1 saturated heterocycles. The number of likely N-dealkylation sites (tertiary alicyclic amines) is 1. The molecule has 5 nitrogen and oxygen atoms in total. The molecule has 0 bridgehead atoms. The summed E-state index contributed by atoms with van der Waals surface area (Å²) >= 11 is 0. The monoisotopic (exact) mass is 350 g/mol. The summed E-state index contributed by atoms with van der Waals surface area (Å²) in [6.45, 7) is 2.46. The average Bonchev–Trinajstić information content (AvgIpc) is 3.27. The Kier molecular flexibility index (Phi) is 5.25. The zero-order chi connectivity index (χ0) is 17.2. The number of nitrogens with zero attached hydrogens (tertiary/aromatic N) is 1. The van der Waals surface area contributed by atoms with Crippen LogP contribution in [0.3, 0.4) is 0 Å². The predicted octanol–water partition coefficient (Wildman–Crippen LogP) is 2.08. The maximum atomic E-state index is 12.6. The Morgan fingerprint density at radius 1 is 1.17 bits per heavy atom. The molecule has 1 heterocycles. The fourth-order valence-electron chi connectivity index (χ4n) is 3.83. The summed E-state index contributed by atoms with van der Waals surface area (Å²) in [4.78, 5) is 14.8. The van der Waals surface area contributed by atoms with Crippen molar-refractivity contribution in [3.63, 3.8) is 0 Å². The second-order valence-electron chi connectivity index (χ2n) is 6.94. The van der Waals surface area contributed by atoms with Crippen LogP contribution in [0.2, 0.25) is 0 Å². The SMILES string of the molecule is CNCC1CCN(C(=O)c2ccc(S(=O)(=O)C3CCCC3)cc2)C1. The first-order valence-corrected chi connectivity index (χ1v) is 10.3. The van der Waals surface area contributed by atoms with E-state index in [9.17, 15) is 13.2 Å². The number of hydrogen-bond acceptors (Lipinski definition) is 4. The zero-order valence-corrected chi connectivity index (χ0v) is 15.0. The molecule has 1 N–H and O–H groups in total. The van der Waals surface area contributed by atoms with Crippen molar-refractivity contribution in [3.05, 3.63) is 29.8 Å². The third kappa shape index (κ3) is 3.49. The van der Waals surface area contributed by atoms with E-state index in [2.05, 4.69) is 5.32 Å². The first kappa shape index (κ1) is 17.4. The van der Waals surface area contributed by atoms with Gasteiger partial charge in [0.15, 0.2) is 9.84 Å². The Morgan fingerprint density at radius 2 is 1.83 bits per heavy atom. The molecule has 0 aromatic heterocycles. The fourth-order valence-corrected chi connectivity index (χ4v) is 5.69. The van der Waals surface area contributed by atoms with E-state index in [1.807, 2.05) is 11.9 Å². The first-order chi connectivity index (χ1) is 11.5. The van der Waals surface area contributed by atoms with Gasteiger partial charge in [0.25, 0.3) is 5.91 Å². The quantitative estimate of drug-likeness (QED) is 0.883. The minimum absolute atomic E-state index is 0.00147. The molecule has 2 fully saturated rings. The summed E-state index contributed by atoms with van der Waals surface area (Å²) in [6, 6.07) is 6.52. The van der Waals surface area contributed by atoms with Gasteiger partial charge in [0.2, 0.25) is 0 Å². The lowest BCUT2D eigenvalue weighted by Gasteiger charge is -2.17. The van der Waals surface area contributed by atoms with Crippen LogP contribution in [0, 0.1) is 5.92 Å². The molecule has 0 radical (unpaired) electrons. The van der Waals surface area contributed by atoms with E-state index in [0.29, 0.717) is 16.4 Å². The van der Waals surface area contributed by atoms with Crippen LogP contribution in [-0.2, 0) is 9.84 Å². The number of hydrogen-bond donors (Lipinski definition) is 1. The Balaban J connectivity index is 1.69. The van der Waals surface area contributed by atoms with E-state index >= 15 is 0 Å². The van der Waals surface area contributed by atoms with Gasteiger partial charge in [-0.3, -0.25) is 4.79 Å². The first-order valence-electron chi connectivity index (χ1n) is 8.80. The molecule has 1 aromatic carbocycles. The predicted molar refractivity (Wildman–Crippen MR) is 93.8 cm³/mol. The lowest BCUT2D eigenvalue weighted by Crippen LogP contribution is -2.30. The standard InChI is InChI=1S/C18H26N2O3S/c1-19-12-14-10-11-20(13-14)18(21)15-6-8-17(9-7-15)24(22,23)16-4-2-3-5-16/h6-9,14,16,19H,2-5,10-13H2,1H3. The van der Waals surface area contributed by atoms with Crippen LogP contribution in [-0.4, -0.2) is 51.2 Å². The van der Waals surface area contributed by atoms with Gasteiger partial charge in [-0.1, -0.05) is 12.8 Å². The topological polar surface area (TPSA) is 66.5 Å². The molecule has 1 aliphatic heterocycles. The minimum atomic E-state index is -3.25. The van der Waals surface area contributed by atoms with Gasteiger partial charge in [-0.05, 0) is 63.0 Å². The van der Waals surface area contributed by atoms with E-state index in [0.717, 1.165) is 51.7 Å². The summed E-state index contributed by atoms with van der Waals surface area (Å²) < 4.78 is 25.2. The maximum absolute atomic E-state index is 12.6. The Morgan fingerprint density at radius 3 is 2.46 bits per heavy atom. The van der Waals surface area contributed by atoms with Gasteiger partial charge in [-0.2, -0.15) is 0 Å². The van der Waals surface area contributed by atoms with Crippen molar-refractivity contribution in [1.29, 1.82) is 0 Å². The minimum Gasteiger partial charge on any atom is -0.338 e. The molecule has 1 aromatic rings. The molecule has 1 aliphatic carbocycles. The molecule has 6 heteroatoms. The summed E-state index contributed by atoms with van der Waals surface area (Å²) in [6.07, 6.45) is 4.50. The third-order valence-corrected chi connectivity index (χ3v) is 7.51. The lowest BCUT2D eigenvalue weighted by molar-refractivity contribution is 0.0787. The van der Waals surface area contributed by atoms with E-state index in [-0.39, 0.29) is 11.2 Å². The van der Waals surface area contributed by atoms with Crippen molar-refractivity contribution < 1.29 is 13.2 Å². The molecular weight excluding hydrogens is 324 g/mol. The number of nitrogens with one attached hydrogen (secondary N) is 1. The zero-order valence-electron chi connectivity index (χ0n) is 14.2. The molecule has 3 rings (SSSR count). The number of amides is 1. The van der Waals surface area contributed by atoms with Crippen molar-refractivity contribution in [3.8, 4) is 0 Å². The van der Waals surface area contributed by atoms with Crippen LogP contribution in [0.15, 0.2) is 29.2 Å². The highest BCUT2D eigenvalue weighted by Crippen LogP contribution is 2.29. The smallest absolute Gasteiger partial charge is 0.253 e. The normalized spacial score (nSPS) is 22.2. The number of carbonyl (C=O) groups excluding carboxylic acids is 1. The van der Waals surface area contributed by atoms with Gasteiger partial charge in [0.05, 0.1) is 10.1 Å². The molecule has 1 amide bonds. The largest absolute Gasteiger partial charge is 0.338 e. The number of benzene rings is 1. The van der Waals surface area contributed by atoms with Crippen LogP contribution in [0.5, 0.6) is 0 Å². The van der Waals surface area contributed by atoms with Crippen LogP contribution in [0.25, 0.3) is 0 Å². The van der Waals surface area contributed by atoms with E-state index in [1.54, 1.807) is 24.3 Å². The molecule has 0 spiro atoms. The van der Waals surface area contributed by atoms with Gasteiger partial charge in [-0.25, -0.2) is 8.42 Å². The molecular formula is C18H26N2O3S. The van der Waals surface area contributed by atoms with Gasteiger partial charge in [0, 0.05) is 18.7 Å². The number of carbonyl (C=O) groups is 1.